The molecule has 0 unspecified atom stereocenters. The smallest absolute Gasteiger partial charge is 0.123 e. The summed E-state index contributed by atoms with van der Waals surface area (Å²) in [4.78, 5) is 0. The van der Waals surface area contributed by atoms with E-state index in [4.69, 9.17) is 0 Å². The fraction of sp³-hybridized carbons (Fsp3) is 0.538. The highest BCUT2D eigenvalue weighted by Gasteiger charge is 2.33. The average molecular weight is 192 g/mol. The van der Waals surface area contributed by atoms with Crippen LogP contribution in [0.5, 0.6) is 0 Å². The minimum absolute atomic E-state index is 0.127. The van der Waals surface area contributed by atoms with Gasteiger partial charge in [-0.1, -0.05) is 31.9 Å². The Morgan fingerprint density at radius 2 is 1.71 bits per heavy atom. The van der Waals surface area contributed by atoms with E-state index in [1.807, 2.05) is 12.1 Å². The van der Waals surface area contributed by atoms with E-state index in [1.165, 1.54) is 37.7 Å². The van der Waals surface area contributed by atoms with E-state index in [0.717, 1.165) is 0 Å². The molecule has 0 amide bonds. The van der Waals surface area contributed by atoms with Crippen LogP contribution in [0.2, 0.25) is 0 Å². The summed E-state index contributed by atoms with van der Waals surface area (Å²) in [6.07, 6.45) is 6.37. The van der Waals surface area contributed by atoms with Gasteiger partial charge in [-0.3, -0.25) is 0 Å². The van der Waals surface area contributed by atoms with Crippen molar-refractivity contribution in [1.82, 2.24) is 0 Å². The maximum absolute atomic E-state index is 12.8. The zero-order chi connectivity index (χ0) is 10.0. The molecule has 0 N–H and O–H groups in total. The third-order valence-corrected chi connectivity index (χ3v) is 3.69. The first-order chi connectivity index (χ1) is 6.77. The second kappa shape index (κ2) is 3.72. The van der Waals surface area contributed by atoms with Gasteiger partial charge in [0.2, 0.25) is 0 Å². The maximum atomic E-state index is 12.8. The van der Waals surface area contributed by atoms with Crippen LogP contribution in [0.3, 0.4) is 0 Å². The van der Waals surface area contributed by atoms with Crippen LogP contribution < -0.4 is 0 Å². The second-order valence-corrected chi connectivity index (χ2v) is 4.35. The van der Waals surface area contributed by atoms with Gasteiger partial charge in [0.05, 0.1) is 0 Å². The minimum atomic E-state index is -0.127. The first-order valence-electron chi connectivity index (χ1n) is 5.53. The zero-order valence-electron chi connectivity index (χ0n) is 8.72. The molecular formula is C13H17F. The molecule has 1 heteroatoms. The molecular weight excluding hydrogens is 175 g/mol. The summed E-state index contributed by atoms with van der Waals surface area (Å²) in [5, 5.41) is 0. The topological polar surface area (TPSA) is 0 Å². The van der Waals surface area contributed by atoms with Crippen LogP contribution in [0.4, 0.5) is 4.39 Å². The predicted octanol–water partition coefficient (Wildman–Crippen LogP) is 4.05. The van der Waals surface area contributed by atoms with Crippen molar-refractivity contribution < 1.29 is 4.39 Å². The molecule has 76 valence electrons. The first kappa shape index (κ1) is 9.70. The third kappa shape index (κ3) is 1.56. The Labute approximate surface area is 85.1 Å². The third-order valence-electron chi connectivity index (χ3n) is 3.69. The Bertz CT molecular complexity index is 294. The summed E-state index contributed by atoms with van der Waals surface area (Å²) in [6.45, 7) is 2.24. The molecule has 0 saturated heterocycles. The molecule has 1 aliphatic carbocycles. The fourth-order valence-corrected chi connectivity index (χ4v) is 2.70. The van der Waals surface area contributed by atoms with Crippen molar-refractivity contribution in [2.45, 2.75) is 44.4 Å². The molecule has 0 radical (unpaired) electrons. The molecule has 0 aromatic heterocycles. The van der Waals surface area contributed by atoms with Gasteiger partial charge in [-0.2, -0.15) is 0 Å². The Hall–Kier alpha value is -0.850. The molecule has 0 spiro atoms. The van der Waals surface area contributed by atoms with Gasteiger partial charge in [-0.05, 0) is 42.4 Å². The SMILES string of the molecule is CCC1(c2ccc(F)cc2)CCCC1. The van der Waals surface area contributed by atoms with E-state index in [1.54, 1.807) is 12.1 Å². The van der Waals surface area contributed by atoms with Crippen LogP contribution in [-0.2, 0) is 5.41 Å². The molecule has 2 rings (SSSR count). The van der Waals surface area contributed by atoms with Crippen LogP contribution in [-0.4, -0.2) is 0 Å². The van der Waals surface area contributed by atoms with E-state index < -0.39 is 0 Å². The average Bonchev–Trinajstić information content (AvgIpc) is 2.68. The van der Waals surface area contributed by atoms with Crippen molar-refractivity contribution in [3.8, 4) is 0 Å². The fourth-order valence-electron chi connectivity index (χ4n) is 2.70. The van der Waals surface area contributed by atoms with Gasteiger partial charge in [0, 0.05) is 0 Å². The number of rotatable bonds is 2. The van der Waals surface area contributed by atoms with E-state index in [-0.39, 0.29) is 5.82 Å². The molecule has 1 saturated carbocycles. The predicted molar refractivity (Wildman–Crippen MR) is 56.8 cm³/mol. The molecule has 1 aliphatic rings. The molecule has 0 aliphatic heterocycles. The number of halogens is 1. The minimum Gasteiger partial charge on any atom is -0.207 e. The van der Waals surface area contributed by atoms with Crippen molar-refractivity contribution in [2.24, 2.45) is 0 Å². The van der Waals surface area contributed by atoms with Gasteiger partial charge in [-0.15, -0.1) is 0 Å². The molecule has 14 heavy (non-hydrogen) atoms. The van der Waals surface area contributed by atoms with Crippen LogP contribution in [0.25, 0.3) is 0 Å². The van der Waals surface area contributed by atoms with Crippen molar-refractivity contribution in [1.29, 1.82) is 0 Å². The summed E-state index contributed by atoms with van der Waals surface area (Å²) in [5.74, 6) is -0.127. The Balaban J connectivity index is 2.31. The summed E-state index contributed by atoms with van der Waals surface area (Å²) >= 11 is 0. The van der Waals surface area contributed by atoms with Crippen LogP contribution in [0.1, 0.15) is 44.6 Å². The van der Waals surface area contributed by atoms with Gasteiger partial charge in [0.1, 0.15) is 5.82 Å². The number of benzene rings is 1. The van der Waals surface area contributed by atoms with Gasteiger partial charge in [0.25, 0.3) is 0 Å². The summed E-state index contributed by atoms with van der Waals surface area (Å²) in [5.41, 5.74) is 1.69. The summed E-state index contributed by atoms with van der Waals surface area (Å²) < 4.78 is 12.8. The van der Waals surface area contributed by atoms with E-state index in [2.05, 4.69) is 6.92 Å². The van der Waals surface area contributed by atoms with Crippen molar-refractivity contribution in [3.63, 3.8) is 0 Å². The van der Waals surface area contributed by atoms with Crippen molar-refractivity contribution in [2.75, 3.05) is 0 Å². The lowest BCUT2D eigenvalue weighted by Gasteiger charge is -2.28. The van der Waals surface area contributed by atoms with Gasteiger partial charge in [0.15, 0.2) is 0 Å². The molecule has 1 fully saturated rings. The Morgan fingerprint density at radius 3 is 2.21 bits per heavy atom. The lowest BCUT2D eigenvalue weighted by atomic mass is 9.77. The highest BCUT2D eigenvalue weighted by molar-refractivity contribution is 5.26. The molecule has 1 aromatic rings. The first-order valence-corrected chi connectivity index (χ1v) is 5.53. The largest absolute Gasteiger partial charge is 0.207 e. The van der Waals surface area contributed by atoms with E-state index >= 15 is 0 Å². The van der Waals surface area contributed by atoms with E-state index in [9.17, 15) is 4.39 Å². The van der Waals surface area contributed by atoms with E-state index in [0.29, 0.717) is 5.41 Å². The molecule has 0 bridgehead atoms. The Morgan fingerprint density at radius 1 is 1.14 bits per heavy atom. The van der Waals surface area contributed by atoms with Gasteiger partial charge in [-0.25, -0.2) is 4.39 Å². The Kier molecular flexibility index (Phi) is 2.58. The standard InChI is InChI=1S/C13H17F/c1-2-13(9-3-4-10-13)11-5-7-12(14)8-6-11/h5-8H,2-4,9-10H2,1H3. The molecule has 0 heterocycles. The summed E-state index contributed by atoms with van der Waals surface area (Å²) in [6, 6.07) is 7.10. The summed E-state index contributed by atoms with van der Waals surface area (Å²) in [7, 11) is 0. The lowest BCUT2D eigenvalue weighted by Crippen LogP contribution is -2.20. The van der Waals surface area contributed by atoms with Crippen LogP contribution >= 0.6 is 0 Å². The monoisotopic (exact) mass is 192 g/mol. The number of hydrogen-bond donors (Lipinski definition) is 0. The molecule has 0 nitrogen and oxygen atoms in total. The van der Waals surface area contributed by atoms with Crippen molar-refractivity contribution >= 4 is 0 Å². The van der Waals surface area contributed by atoms with Gasteiger partial charge < -0.3 is 0 Å². The number of hydrogen-bond acceptors (Lipinski definition) is 0. The lowest BCUT2D eigenvalue weighted by molar-refractivity contribution is 0.424. The van der Waals surface area contributed by atoms with Crippen LogP contribution in [0, 0.1) is 5.82 Å². The zero-order valence-corrected chi connectivity index (χ0v) is 8.72. The highest BCUT2D eigenvalue weighted by Crippen LogP contribution is 2.43. The maximum Gasteiger partial charge on any atom is 0.123 e. The quantitative estimate of drug-likeness (QED) is 0.663. The highest BCUT2D eigenvalue weighted by atomic mass is 19.1. The normalized spacial score (nSPS) is 19.9. The molecule has 0 atom stereocenters. The van der Waals surface area contributed by atoms with Crippen molar-refractivity contribution in [3.05, 3.63) is 35.6 Å². The molecule has 1 aromatic carbocycles. The van der Waals surface area contributed by atoms with Gasteiger partial charge >= 0.3 is 0 Å². The second-order valence-electron chi connectivity index (χ2n) is 4.35. The van der Waals surface area contributed by atoms with Crippen LogP contribution in [0.15, 0.2) is 24.3 Å².